The fourth-order valence-electron chi connectivity index (χ4n) is 3.40. The summed E-state index contributed by atoms with van der Waals surface area (Å²) in [6, 6.07) is 11.7. The molecular weight excluding hydrogens is 362 g/mol. The first kappa shape index (κ1) is 19.3. The van der Waals surface area contributed by atoms with Crippen LogP contribution in [0.2, 0.25) is 0 Å². The van der Waals surface area contributed by atoms with Gasteiger partial charge in [-0.25, -0.2) is 4.79 Å². The molecule has 0 saturated heterocycles. The number of ether oxygens (including phenoxy) is 1. The number of hydrogen-bond donors (Lipinski definition) is 0. The van der Waals surface area contributed by atoms with Crippen molar-refractivity contribution in [3.05, 3.63) is 63.7 Å². The van der Waals surface area contributed by atoms with Gasteiger partial charge in [0.25, 0.3) is 11.6 Å². The largest absolute Gasteiger partial charge is 0.452 e. The molecule has 28 heavy (non-hydrogen) atoms. The summed E-state index contributed by atoms with van der Waals surface area (Å²) in [5, 5.41) is 11.3. The van der Waals surface area contributed by atoms with Gasteiger partial charge >= 0.3 is 5.97 Å². The summed E-state index contributed by atoms with van der Waals surface area (Å²) in [6.45, 7) is 1.50. The fourth-order valence-corrected chi connectivity index (χ4v) is 3.40. The van der Waals surface area contributed by atoms with Gasteiger partial charge in [-0.2, -0.15) is 0 Å². The predicted molar refractivity (Wildman–Crippen MR) is 105 cm³/mol. The van der Waals surface area contributed by atoms with E-state index in [-0.39, 0.29) is 23.2 Å². The van der Waals surface area contributed by atoms with E-state index in [4.69, 9.17) is 4.74 Å². The molecule has 0 N–H and O–H groups in total. The SMILES string of the molecule is C[C@H]1Cc2ccccc2N1C(=O)COC(=O)c1ccc(N(C)C)c([N+](=O)[O-])c1. The van der Waals surface area contributed by atoms with Gasteiger partial charge in [0.15, 0.2) is 6.61 Å². The zero-order valence-electron chi connectivity index (χ0n) is 15.9. The molecule has 0 fully saturated rings. The van der Waals surface area contributed by atoms with E-state index >= 15 is 0 Å². The van der Waals surface area contributed by atoms with Gasteiger partial charge in [0, 0.05) is 31.9 Å². The highest BCUT2D eigenvalue weighted by molar-refractivity contribution is 5.99. The Kier molecular flexibility index (Phi) is 5.30. The standard InChI is InChI=1S/C20H21N3O5/c1-13-10-14-6-4-5-7-16(14)22(13)19(24)12-28-20(25)15-8-9-17(21(2)3)18(11-15)23(26)27/h4-9,11,13H,10,12H2,1-3H3/t13-/m0/s1. The van der Waals surface area contributed by atoms with Crippen molar-refractivity contribution in [1.82, 2.24) is 0 Å². The van der Waals surface area contributed by atoms with Crippen LogP contribution in [0.5, 0.6) is 0 Å². The van der Waals surface area contributed by atoms with E-state index in [1.165, 1.54) is 12.1 Å². The van der Waals surface area contributed by atoms with Gasteiger partial charge in [-0.15, -0.1) is 0 Å². The molecule has 0 spiro atoms. The van der Waals surface area contributed by atoms with E-state index < -0.39 is 17.5 Å². The minimum Gasteiger partial charge on any atom is -0.452 e. The first-order chi connectivity index (χ1) is 13.3. The number of nitro benzene ring substituents is 1. The molecule has 0 aromatic heterocycles. The lowest BCUT2D eigenvalue weighted by atomic mass is 10.1. The van der Waals surface area contributed by atoms with Crippen LogP contribution in [-0.4, -0.2) is 43.5 Å². The number of rotatable bonds is 5. The molecule has 1 atom stereocenters. The molecular formula is C20H21N3O5. The Balaban J connectivity index is 1.72. The van der Waals surface area contributed by atoms with Crippen molar-refractivity contribution < 1.29 is 19.2 Å². The Morgan fingerprint density at radius 1 is 1.25 bits per heavy atom. The Bertz CT molecular complexity index is 941. The lowest BCUT2D eigenvalue weighted by Gasteiger charge is -2.22. The second-order valence-corrected chi connectivity index (χ2v) is 6.88. The monoisotopic (exact) mass is 383 g/mol. The van der Waals surface area contributed by atoms with Crippen LogP contribution in [0.4, 0.5) is 17.1 Å². The predicted octanol–water partition coefficient (Wildman–Crippen LogP) is 2.80. The van der Waals surface area contributed by atoms with Crippen molar-refractivity contribution in [2.75, 3.05) is 30.5 Å². The van der Waals surface area contributed by atoms with E-state index in [2.05, 4.69) is 0 Å². The molecule has 8 heteroatoms. The topological polar surface area (TPSA) is 93.0 Å². The average molecular weight is 383 g/mol. The minimum atomic E-state index is -0.776. The van der Waals surface area contributed by atoms with Crippen molar-refractivity contribution >= 4 is 28.9 Å². The Morgan fingerprint density at radius 2 is 1.96 bits per heavy atom. The second kappa shape index (κ2) is 7.67. The van der Waals surface area contributed by atoms with Gasteiger partial charge < -0.3 is 14.5 Å². The molecule has 3 rings (SSSR count). The number of nitro groups is 1. The normalized spacial score (nSPS) is 15.1. The van der Waals surface area contributed by atoms with Crippen LogP contribution in [0.25, 0.3) is 0 Å². The lowest BCUT2D eigenvalue weighted by Crippen LogP contribution is -2.38. The number of carbonyl (C=O) groups is 2. The number of benzene rings is 2. The highest BCUT2D eigenvalue weighted by atomic mass is 16.6. The summed E-state index contributed by atoms with van der Waals surface area (Å²) in [6.07, 6.45) is 0.744. The molecule has 1 aliphatic rings. The zero-order chi connectivity index (χ0) is 20.4. The van der Waals surface area contributed by atoms with Crippen LogP contribution in [0.3, 0.4) is 0 Å². The number of hydrogen-bond acceptors (Lipinski definition) is 6. The van der Waals surface area contributed by atoms with Gasteiger partial charge in [-0.3, -0.25) is 14.9 Å². The molecule has 0 aliphatic carbocycles. The number of amides is 1. The molecule has 0 unspecified atom stereocenters. The molecule has 0 saturated carbocycles. The van der Waals surface area contributed by atoms with Crippen LogP contribution in [-0.2, 0) is 16.0 Å². The maximum absolute atomic E-state index is 12.6. The van der Waals surface area contributed by atoms with Crippen molar-refractivity contribution in [1.29, 1.82) is 0 Å². The molecule has 8 nitrogen and oxygen atoms in total. The van der Waals surface area contributed by atoms with Crippen LogP contribution in [0.15, 0.2) is 42.5 Å². The average Bonchev–Trinajstić information content (AvgIpc) is 3.00. The molecule has 1 heterocycles. The summed E-state index contributed by atoms with van der Waals surface area (Å²) < 4.78 is 5.13. The summed E-state index contributed by atoms with van der Waals surface area (Å²) in [7, 11) is 3.35. The molecule has 2 aromatic rings. The summed E-state index contributed by atoms with van der Waals surface area (Å²) in [4.78, 5) is 38.8. The number of fused-ring (bicyclic) bond motifs is 1. The van der Waals surface area contributed by atoms with Gasteiger partial charge in [0.1, 0.15) is 5.69 Å². The van der Waals surface area contributed by atoms with Crippen LogP contribution >= 0.6 is 0 Å². The quantitative estimate of drug-likeness (QED) is 0.448. The van der Waals surface area contributed by atoms with Gasteiger partial charge in [0.2, 0.25) is 0 Å². The number of esters is 1. The number of anilines is 2. The first-order valence-electron chi connectivity index (χ1n) is 8.82. The Labute approximate surface area is 162 Å². The summed E-state index contributed by atoms with van der Waals surface area (Å²) >= 11 is 0. The van der Waals surface area contributed by atoms with Gasteiger partial charge in [-0.05, 0) is 37.1 Å². The molecule has 2 aromatic carbocycles. The highest BCUT2D eigenvalue weighted by Crippen LogP contribution is 2.32. The molecule has 1 amide bonds. The second-order valence-electron chi connectivity index (χ2n) is 6.88. The third kappa shape index (κ3) is 3.66. The van der Waals surface area contributed by atoms with E-state index in [1.54, 1.807) is 23.9 Å². The Hall–Kier alpha value is -3.42. The summed E-state index contributed by atoms with van der Waals surface area (Å²) in [5.74, 6) is -1.10. The molecule has 0 bridgehead atoms. The minimum absolute atomic E-state index is 0.0240. The van der Waals surface area contributed by atoms with Crippen LogP contribution in [0.1, 0.15) is 22.8 Å². The molecule has 146 valence electrons. The smallest absolute Gasteiger partial charge is 0.338 e. The van der Waals surface area contributed by atoms with E-state index in [0.717, 1.165) is 23.7 Å². The third-order valence-corrected chi connectivity index (χ3v) is 4.69. The van der Waals surface area contributed by atoms with Gasteiger partial charge in [-0.1, -0.05) is 18.2 Å². The van der Waals surface area contributed by atoms with E-state index in [9.17, 15) is 19.7 Å². The molecule has 1 aliphatic heterocycles. The van der Waals surface area contributed by atoms with E-state index in [1.807, 2.05) is 31.2 Å². The van der Waals surface area contributed by atoms with Crippen molar-refractivity contribution in [2.24, 2.45) is 0 Å². The van der Waals surface area contributed by atoms with Crippen molar-refractivity contribution in [3.63, 3.8) is 0 Å². The van der Waals surface area contributed by atoms with E-state index in [0.29, 0.717) is 5.69 Å². The zero-order valence-corrected chi connectivity index (χ0v) is 15.9. The first-order valence-corrected chi connectivity index (χ1v) is 8.82. The van der Waals surface area contributed by atoms with Crippen LogP contribution < -0.4 is 9.80 Å². The highest BCUT2D eigenvalue weighted by Gasteiger charge is 2.31. The third-order valence-electron chi connectivity index (χ3n) is 4.69. The summed E-state index contributed by atoms with van der Waals surface area (Å²) in [5.41, 5.74) is 2.10. The van der Waals surface area contributed by atoms with Crippen molar-refractivity contribution in [3.8, 4) is 0 Å². The maximum atomic E-state index is 12.6. The Morgan fingerprint density at radius 3 is 2.64 bits per heavy atom. The molecule has 0 radical (unpaired) electrons. The number of carbonyl (C=O) groups excluding carboxylic acids is 2. The number of nitrogens with zero attached hydrogens (tertiary/aromatic N) is 3. The lowest BCUT2D eigenvalue weighted by molar-refractivity contribution is -0.384. The maximum Gasteiger partial charge on any atom is 0.338 e. The van der Waals surface area contributed by atoms with Gasteiger partial charge in [0.05, 0.1) is 10.5 Å². The fraction of sp³-hybridized carbons (Fsp3) is 0.300. The number of para-hydroxylation sites is 1. The van der Waals surface area contributed by atoms with Crippen LogP contribution in [0, 0.1) is 10.1 Å². The van der Waals surface area contributed by atoms with Crippen molar-refractivity contribution in [2.45, 2.75) is 19.4 Å².